The Morgan fingerprint density at radius 3 is 2.70 bits per heavy atom. The fourth-order valence-corrected chi connectivity index (χ4v) is 3.38. The van der Waals surface area contributed by atoms with E-state index in [2.05, 4.69) is 12.2 Å². The van der Waals surface area contributed by atoms with E-state index in [0.717, 1.165) is 11.5 Å². The number of methoxy groups -OCH3 is 1. The summed E-state index contributed by atoms with van der Waals surface area (Å²) in [4.78, 5) is 12.0. The van der Waals surface area contributed by atoms with E-state index in [1.54, 1.807) is 18.0 Å². The molecule has 1 rings (SSSR count). The second kappa shape index (κ2) is 7.74. The van der Waals surface area contributed by atoms with Gasteiger partial charge in [0.25, 0.3) is 0 Å². The second-order valence-electron chi connectivity index (χ2n) is 5.53. The quantitative estimate of drug-likeness (QED) is 0.747. The fraction of sp³-hybridized carbons (Fsp3) is 0.667. The molecule has 4 nitrogen and oxygen atoms in total. The second-order valence-corrected chi connectivity index (χ2v) is 6.95. The van der Waals surface area contributed by atoms with Gasteiger partial charge in [-0.1, -0.05) is 6.92 Å². The van der Waals surface area contributed by atoms with Gasteiger partial charge in [0.1, 0.15) is 11.3 Å². The van der Waals surface area contributed by atoms with Gasteiger partial charge in [0.05, 0.1) is 19.1 Å². The SMILES string of the molecule is COC(=O)C(C)(CC(C)SCc1ccco1)NC(C)C. The van der Waals surface area contributed by atoms with E-state index in [1.807, 2.05) is 32.9 Å². The largest absolute Gasteiger partial charge is 0.468 e. The predicted octanol–water partition coefficient (Wildman–Crippen LogP) is 3.22. The lowest BCUT2D eigenvalue weighted by atomic mass is 9.95. The molecule has 0 aliphatic heterocycles. The molecule has 0 saturated carbocycles. The van der Waals surface area contributed by atoms with Crippen LogP contribution in [0.25, 0.3) is 0 Å². The van der Waals surface area contributed by atoms with Crippen LogP contribution in [0.2, 0.25) is 0 Å². The highest BCUT2D eigenvalue weighted by atomic mass is 32.2. The smallest absolute Gasteiger partial charge is 0.325 e. The topological polar surface area (TPSA) is 51.5 Å². The van der Waals surface area contributed by atoms with Crippen molar-refractivity contribution in [3.63, 3.8) is 0 Å². The van der Waals surface area contributed by atoms with Crippen molar-refractivity contribution in [3.8, 4) is 0 Å². The molecule has 1 aromatic heterocycles. The molecular formula is C15H25NO3S. The molecular weight excluding hydrogens is 274 g/mol. The van der Waals surface area contributed by atoms with Gasteiger partial charge in [-0.15, -0.1) is 0 Å². The molecule has 0 aliphatic carbocycles. The highest BCUT2D eigenvalue weighted by molar-refractivity contribution is 7.99. The summed E-state index contributed by atoms with van der Waals surface area (Å²) in [5.41, 5.74) is -0.654. The van der Waals surface area contributed by atoms with Gasteiger partial charge >= 0.3 is 5.97 Å². The van der Waals surface area contributed by atoms with Gasteiger partial charge in [-0.3, -0.25) is 10.1 Å². The number of esters is 1. The first-order chi connectivity index (χ1) is 9.37. The van der Waals surface area contributed by atoms with Crippen LogP contribution in [-0.2, 0) is 15.3 Å². The third-order valence-electron chi connectivity index (χ3n) is 3.03. The standard InChI is InChI=1S/C15H25NO3S/c1-11(2)16-15(4,14(17)18-5)9-12(3)20-10-13-7-6-8-19-13/h6-8,11-12,16H,9-10H2,1-5H3. The van der Waals surface area contributed by atoms with Crippen LogP contribution in [0.15, 0.2) is 22.8 Å². The lowest BCUT2D eigenvalue weighted by Gasteiger charge is -2.32. The summed E-state index contributed by atoms with van der Waals surface area (Å²) in [7, 11) is 1.43. The maximum atomic E-state index is 12.0. The number of thioether (sulfide) groups is 1. The van der Waals surface area contributed by atoms with Crippen LogP contribution < -0.4 is 5.32 Å². The molecule has 20 heavy (non-hydrogen) atoms. The first-order valence-corrected chi connectivity index (χ1v) is 7.92. The van der Waals surface area contributed by atoms with E-state index < -0.39 is 5.54 Å². The molecule has 0 aromatic carbocycles. The first kappa shape index (κ1) is 17.1. The molecule has 2 atom stereocenters. The first-order valence-electron chi connectivity index (χ1n) is 6.87. The van der Waals surface area contributed by atoms with E-state index in [0.29, 0.717) is 11.7 Å². The summed E-state index contributed by atoms with van der Waals surface area (Å²) in [6, 6.07) is 4.08. The van der Waals surface area contributed by atoms with Crippen LogP contribution >= 0.6 is 11.8 Å². The highest BCUT2D eigenvalue weighted by Crippen LogP contribution is 2.26. The van der Waals surface area contributed by atoms with Gasteiger partial charge in [-0.25, -0.2) is 0 Å². The molecule has 1 aromatic rings. The number of nitrogens with one attached hydrogen (secondary N) is 1. The Bertz CT molecular complexity index is 405. The van der Waals surface area contributed by atoms with Crippen molar-refractivity contribution in [1.82, 2.24) is 5.32 Å². The van der Waals surface area contributed by atoms with Crippen LogP contribution in [0.5, 0.6) is 0 Å². The van der Waals surface area contributed by atoms with Crippen LogP contribution in [0.3, 0.4) is 0 Å². The molecule has 2 unspecified atom stereocenters. The molecule has 1 heterocycles. The van der Waals surface area contributed by atoms with Gasteiger partial charge in [0, 0.05) is 11.3 Å². The van der Waals surface area contributed by atoms with Crippen LogP contribution in [0.4, 0.5) is 0 Å². The average molecular weight is 299 g/mol. The summed E-state index contributed by atoms with van der Waals surface area (Å²) in [6.07, 6.45) is 2.39. The average Bonchev–Trinajstić information content (AvgIpc) is 2.87. The number of furan rings is 1. The minimum absolute atomic E-state index is 0.211. The number of hydrogen-bond acceptors (Lipinski definition) is 5. The van der Waals surface area contributed by atoms with Gasteiger partial charge in [-0.05, 0) is 39.3 Å². The lowest BCUT2D eigenvalue weighted by Crippen LogP contribution is -2.54. The molecule has 0 amide bonds. The Morgan fingerprint density at radius 1 is 1.50 bits per heavy atom. The summed E-state index contributed by atoms with van der Waals surface area (Å²) in [5.74, 6) is 1.56. The molecule has 5 heteroatoms. The molecule has 0 radical (unpaired) electrons. The van der Waals surface area contributed by atoms with Crippen molar-refractivity contribution >= 4 is 17.7 Å². The van der Waals surface area contributed by atoms with Crippen molar-refractivity contribution in [1.29, 1.82) is 0 Å². The lowest BCUT2D eigenvalue weighted by molar-refractivity contribution is -0.148. The van der Waals surface area contributed by atoms with Crippen LogP contribution in [0, 0.1) is 0 Å². The van der Waals surface area contributed by atoms with Crippen molar-refractivity contribution in [2.45, 2.75) is 56.7 Å². The van der Waals surface area contributed by atoms with Crippen LogP contribution in [0.1, 0.15) is 39.9 Å². The Balaban J connectivity index is 2.57. The fourth-order valence-electron chi connectivity index (χ4n) is 2.32. The molecule has 0 fully saturated rings. The van der Waals surface area contributed by atoms with Crippen molar-refractivity contribution in [2.75, 3.05) is 7.11 Å². The minimum atomic E-state index is -0.654. The van der Waals surface area contributed by atoms with Crippen molar-refractivity contribution in [3.05, 3.63) is 24.2 Å². The number of ether oxygens (including phenoxy) is 1. The van der Waals surface area contributed by atoms with E-state index in [4.69, 9.17) is 9.15 Å². The summed E-state index contributed by atoms with van der Waals surface area (Å²) in [6.45, 7) is 8.09. The van der Waals surface area contributed by atoms with Crippen LogP contribution in [-0.4, -0.2) is 29.9 Å². The molecule has 0 aliphatic rings. The molecule has 1 N–H and O–H groups in total. The highest BCUT2D eigenvalue weighted by Gasteiger charge is 2.36. The zero-order valence-electron chi connectivity index (χ0n) is 12.9. The minimum Gasteiger partial charge on any atom is -0.468 e. The summed E-state index contributed by atoms with van der Waals surface area (Å²) < 4.78 is 10.3. The Hall–Kier alpha value is -0.940. The third-order valence-corrected chi connectivity index (χ3v) is 4.22. The number of carbonyl (C=O) groups is 1. The normalized spacial score (nSPS) is 15.9. The molecule has 0 spiro atoms. The van der Waals surface area contributed by atoms with Crippen molar-refractivity contribution < 1.29 is 13.9 Å². The predicted molar refractivity (Wildman–Crippen MR) is 82.8 cm³/mol. The van der Waals surface area contributed by atoms with E-state index >= 15 is 0 Å². The number of hydrogen-bond donors (Lipinski definition) is 1. The summed E-state index contributed by atoms with van der Waals surface area (Å²) in [5, 5.41) is 3.63. The molecule has 0 bridgehead atoms. The van der Waals surface area contributed by atoms with Gasteiger partial charge in [0.2, 0.25) is 0 Å². The third kappa shape index (κ3) is 5.21. The van der Waals surface area contributed by atoms with E-state index in [-0.39, 0.29) is 12.0 Å². The molecule has 0 saturated heterocycles. The maximum absolute atomic E-state index is 12.0. The van der Waals surface area contributed by atoms with Gasteiger partial charge in [-0.2, -0.15) is 11.8 Å². The maximum Gasteiger partial charge on any atom is 0.325 e. The Morgan fingerprint density at radius 2 is 2.20 bits per heavy atom. The summed E-state index contributed by atoms with van der Waals surface area (Å²) >= 11 is 1.77. The monoisotopic (exact) mass is 299 g/mol. The zero-order valence-corrected chi connectivity index (χ0v) is 13.8. The number of carbonyl (C=O) groups excluding carboxylic acids is 1. The Labute approximate surface area is 125 Å². The van der Waals surface area contributed by atoms with E-state index in [1.165, 1.54) is 7.11 Å². The van der Waals surface area contributed by atoms with Gasteiger partial charge < -0.3 is 9.15 Å². The zero-order chi connectivity index (χ0) is 15.2. The Kier molecular flexibility index (Phi) is 6.62. The van der Waals surface area contributed by atoms with Gasteiger partial charge in [0.15, 0.2) is 0 Å². The molecule has 114 valence electrons. The van der Waals surface area contributed by atoms with E-state index in [9.17, 15) is 4.79 Å². The van der Waals surface area contributed by atoms with Crippen molar-refractivity contribution in [2.24, 2.45) is 0 Å². The number of rotatable bonds is 8.